The lowest BCUT2D eigenvalue weighted by Crippen LogP contribution is -2.32. The summed E-state index contributed by atoms with van der Waals surface area (Å²) in [6, 6.07) is 7.51. The molecule has 0 saturated carbocycles. The van der Waals surface area contributed by atoms with Crippen molar-refractivity contribution in [3.05, 3.63) is 30.0 Å². The molecule has 0 radical (unpaired) electrons. The fourth-order valence-electron chi connectivity index (χ4n) is 2.40. The average molecular weight is 331 g/mol. The predicted molar refractivity (Wildman–Crippen MR) is 93.7 cm³/mol. The summed E-state index contributed by atoms with van der Waals surface area (Å²) in [5, 5.41) is 7.37. The number of amides is 1. The summed E-state index contributed by atoms with van der Waals surface area (Å²) in [7, 11) is 3.23. The number of benzene rings is 1. The van der Waals surface area contributed by atoms with Crippen molar-refractivity contribution in [1.29, 1.82) is 0 Å². The van der Waals surface area contributed by atoms with Crippen molar-refractivity contribution in [2.75, 3.05) is 14.2 Å². The third-order valence-corrected chi connectivity index (χ3v) is 3.99. The van der Waals surface area contributed by atoms with Gasteiger partial charge in [0, 0.05) is 24.2 Å². The third kappa shape index (κ3) is 3.69. The van der Waals surface area contributed by atoms with Gasteiger partial charge >= 0.3 is 0 Å². The maximum absolute atomic E-state index is 12.3. The molecule has 1 heterocycles. The molecule has 0 saturated heterocycles. The van der Waals surface area contributed by atoms with E-state index in [-0.39, 0.29) is 11.9 Å². The van der Waals surface area contributed by atoms with Gasteiger partial charge in [0.15, 0.2) is 5.69 Å². The number of carbonyl (C=O) groups is 1. The van der Waals surface area contributed by atoms with Crippen LogP contribution in [0.25, 0.3) is 11.3 Å². The van der Waals surface area contributed by atoms with E-state index in [4.69, 9.17) is 9.47 Å². The average Bonchev–Trinajstić information content (AvgIpc) is 3.05. The molecule has 2 aromatic rings. The van der Waals surface area contributed by atoms with Crippen LogP contribution in [0, 0.1) is 0 Å². The Morgan fingerprint density at radius 1 is 1.25 bits per heavy atom. The maximum Gasteiger partial charge on any atom is 0.272 e. The molecule has 2 rings (SSSR count). The molecule has 6 nitrogen and oxygen atoms in total. The van der Waals surface area contributed by atoms with Crippen LogP contribution in [0.4, 0.5) is 0 Å². The maximum atomic E-state index is 12.3. The van der Waals surface area contributed by atoms with E-state index < -0.39 is 0 Å². The van der Waals surface area contributed by atoms with Crippen molar-refractivity contribution < 1.29 is 14.3 Å². The summed E-state index contributed by atoms with van der Waals surface area (Å²) in [5.41, 5.74) is 2.12. The Morgan fingerprint density at radius 3 is 2.58 bits per heavy atom. The first kappa shape index (κ1) is 17.8. The molecule has 0 bridgehead atoms. The number of aryl methyl sites for hydroxylation is 1. The van der Waals surface area contributed by atoms with Crippen molar-refractivity contribution in [3.63, 3.8) is 0 Å². The molecular formula is C18H25N3O3. The SMILES string of the molecule is CC[C@H](C)NC(=O)c1cc(-c2ccc(OC)cc2OC)n(CC)n1. The molecule has 0 aliphatic heterocycles. The Hall–Kier alpha value is -2.50. The third-order valence-electron chi connectivity index (χ3n) is 3.99. The normalized spacial score (nSPS) is 11.9. The summed E-state index contributed by atoms with van der Waals surface area (Å²) >= 11 is 0. The van der Waals surface area contributed by atoms with E-state index in [9.17, 15) is 4.79 Å². The molecule has 1 amide bonds. The lowest BCUT2D eigenvalue weighted by molar-refractivity contribution is 0.0933. The smallest absolute Gasteiger partial charge is 0.272 e. The molecule has 1 aromatic carbocycles. The predicted octanol–water partition coefficient (Wildman–Crippen LogP) is 3.12. The van der Waals surface area contributed by atoms with E-state index in [1.165, 1.54) is 0 Å². The largest absolute Gasteiger partial charge is 0.497 e. The molecular weight excluding hydrogens is 306 g/mol. The zero-order valence-electron chi connectivity index (χ0n) is 14.9. The molecule has 0 aliphatic carbocycles. The van der Waals surface area contributed by atoms with Gasteiger partial charge in [-0.3, -0.25) is 9.48 Å². The van der Waals surface area contributed by atoms with Crippen LogP contribution in [0.15, 0.2) is 24.3 Å². The van der Waals surface area contributed by atoms with Crippen molar-refractivity contribution in [1.82, 2.24) is 15.1 Å². The van der Waals surface area contributed by atoms with Crippen LogP contribution >= 0.6 is 0 Å². The van der Waals surface area contributed by atoms with Crippen LogP contribution in [-0.4, -0.2) is 35.9 Å². The minimum Gasteiger partial charge on any atom is -0.497 e. The highest BCUT2D eigenvalue weighted by Crippen LogP contribution is 2.33. The van der Waals surface area contributed by atoms with Crippen LogP contribution in [0.5, 0.6) is 11.5 Å². The summed E-state index contributed by atoms with van der Waals surface area (Å²) in [6.07, 6.45) is 0.874. The van der Waals surface area contributed by atoms with E-state index in [1.54, 1.807) is 25.0 Å². The summed E-state index contributed by atoms with van der Waals surface area (Å²) in [5.74, 6) is 1.23. The minimum atomic E-state index is -0.162. The Labute approximate surface area is 142 Å². The van der Waals surface area contributed by atoms with E-state index in [0.717, 1.165) is 17.7 Å². The first-order valence-electron chi connectivity index (χ1n) is 8.15. The summed E-state index contributed by atoms with van der Waals surface area (Å²) < 4.78 is 12.5. The number of rotatable bonds is 7. The van der Waals surface area contributed by atoms with E-state index in [0.29, 0.717) is 23.7 Å². The van der Waals surface area contributed by atoms with Gasteiger partial charge in [-0.15, -0.1) is 0 Å². The second-order valence-corrected chi connectivity index (χ2v) is 5.58. The molecule has 0 aliphatic rings. The Bertz CT molecular complexity index is 710. The Balaban J connectivity index is 2.42. The second kappa shape index (κ2) is 7.86. The highest BCUT2D eigenvalue weighted by Gasteiger charge is 2.18. The van der Waals surface area contributed by atoms with Crippen LogP contribution in [-0.2, 0) is 6.54 Å². The number of hydrogen-bond acceptors (Lipinski definition) is 4. The molecule has 0 spiro atoms. The lowest BCUT2D eigenvalue weighted by atomic mass is 10.1. The van der Waals surface area contributed by atoms with Crippen LogP contribution < -0.4 is 14.8 Å². The van der Waals surface area contributed by atoms with Gasteiger partial charge in [0.05, 0.1) is 19.9 Å². The Morgan fingerprint density at radius 2 is 2.00 bits per heavy atom. The van der Waals surface area contributed by atoms with Gasteiger partial charge in [0.2, 0.25) is 0 Å². The zero-order valence-corrected chi connectivity index (χ0v) is 14.9. The molecule has 24 heavy (non-hydrogen) atoms. The van der Waals surface area contributed by atoms with Gasteiger partial charge in [-0.25, -0.2) is 0 Å². The zero-order chi connectivity index (χ0) is 17.7. The van der Waals surface area contributed by atoms with Gasteiger partial charge in [-0.2, -0.15) is 5.10 Å². The molecule has 6 heteroatoms. The highest BCUT2D eigenvalue weighted by atomic mass is 16.5. The monoisotopic (exact) mass is 331 g/mol. The number of hydrogen-bond donors (Lipinski definition) is 1. The highest BCUT2D eigenvalue weighted by molar-refractivity contribution is 5.93. The number of nitrogens with one attached hydrogen (secondary N) is 1. The second-order valence-electron chi connectivity index (χ2n) is 5.58. The van der Waals surface area contributed by atoms with E-state index in [1.807, 2.05) is 39.0 Å². The first-order valence-corrected chi connectivity index (χ1v) is 8.15. The number of aromatic nitrogens is 2. The van der Waals surface area contributed by atoms with E-state index in [2.05, 4.69) is 10.4 Å². The van der Waals surface area contributed by atoms with Gasteiger partial charge in [0.1, 0.15) is 11.5 Å². The molecule has 1 N–H and O–H groups in total. The van der Waals surface area contributed by atoms with Gasteiger partial charge in [-0.05, 0) is 38.5 Å². The molecule has 1 atom stereocenters. The van der Waals surface area contributed by atoms with E-state index >= 15 is 0 Å². The number of nitrogens with zero attached hydrogens (tertiary/aromatic N) is 2. The molecule has 1 aromatic heterocycles. The van der Waals surface area contributed by atoms with Crippen molar-refractivity contribution in [3.8, 4) is 22.8 Å². The molecule has 0 fully saturated rings. The summed E-state index contributed by atoms with van der Waals surface area (Å²) in [4.78, 5) is 12.3. The number of ether oxygens (including phenoxy) is 2. The lowest BCUT2D eigenvalue weighted by Gasteiger charge is -2.11. The quantitative estimate of drug-likeness (QED) is 0.846. The topological polar surface area (TPSA) is 65.4 Å². The number of methoxy groups -OCH3 is 2. The van der Waals surface area contributed by atoms with Crippen molar-refractivity contribution in [2.24, 2.45) is 0 Å². The Kier molecular flexibility index (Phi) is 5.84. The van der Waals surface area contributed by atoms with Crippen LogP contribution in [0.1, 0.15) is 37.7 Å². The van der Waals surface area contributed by atoms with Crippen LogP contribution in [0.3, 0.4) is 0 Å². The van der Waals surface area contributed by atoms with Gasteiger partial charge in [0.25, 0.3) is 5.91 Å². The standard InChI is InChI=1S/C18H25N3O3/c1-6-12(3)19-18(22)15-11-16(21(7-2)20-15)14-9-8-13(23-4)10-17(14)24-5/h8-12H,6-7H2,1-5H3,(H,19,22)/t12-/m0/s1. The minimum absolute atomic E-state index is 0.114. The van der Waals surface area contributed by atoms with Gasteiger partial charge in [-0.1, -0.05) is 6.92 Å². The van der Waals surface area contributed by atoms with Crippen molar-refractivity contribution in [2.45, 2.75) is 39.8 Å². The fourth-order valence-corrected chi connectivity index (χ4v) is 2.40. The molecule has 130 valence electrons. The van der Waals surface area contributed by atoms with Crippen molar-refractivity contribution >= 4 is 5.91 Å². The van der Waals surface area contributed by atoms with Gasteiger partial charge < -0.3 is 14.8 Å². The molecule has 0 unspecified atom stereocenters. The summed E-state index contributed by atoms with van der Waals surface area (Å²) in [6.45, 7) is 6.65. The van der Waals surface area contributed by atoms with Crippen LogP contribution in [0.2, 0.25) is 0 Å². The number of carbonyl (C=O) groups excluding carboxylic acids is 1. The fraction of sp³-hybridized carbons (Fsp3) is 0.444. The first-order chi connectivity index (χ1) is 11.5.